The molecule has 5 heteroatoms. The number of aryl methyl sites for hydroxylation is 1. The highest BCUT2D eigenvalue weighted by molar-refractivity contribution is 9.10. The first kappa shape index (κ1) is 14.2. The van der Waals surface area contributed by atoms with Crippen LogP contribution in [0.3, 0.4) is 0 Å². The Labute approximate surface area is 122 Å². The number of carbonyl (C=O) groups is 1. The number of ketones is 1. The maximum absolute atomic E-state index is 13.9. The van der Waals surface area contributed by atoms with Crippen molar-refractivity contribution >= 4 is 33.3 Å². The van der Waals surface area contributed by atoms with Gasteiger partial charge in [-0.25, -0.2) is 8.78 Å². The number of rotatable bonds is 2. The summed E-state index contributed by atoms with van der Waals surface area (Å²) in [7, 11) is 0. The van der Waals surface area contributed by atoms with Crippen molar-refractivity contribution in [3.8, 4) is 0 Å². The molecule has 0 N–H and O–H groups in total. The molecule has 0 atom stereocenters. The van der Waals surface area contributed by atoms with Gasteiger partial charge in [0.1, 0.15) is 5.82 Å². The molecule has 0 saturated heterocycles. The molecule has 0 saturated carbocycles. The van der Waals surface area contributed by atoms with E-state index in [9.17, 15) is 13.6 Å². The van der Waals surface area contributed by atoms with Crippen molar-refractivity contribution < 1.29 is 13.6 Å². The predicted octanol–water partition coefficient (Wildman–Crippen LogP) is 4.92. The summed E-state index contributed by atoms with van der Waals surface area (Å²) in [5.74, 6) is -2.61. The largest absolute Gasteiger partial charge is 0.288 e. The maximum Gasteiger partial charge on any atom is 0.200 e. The molecule has 0 aliphatic heterocycles. The van der Waals surface area contributed by atoms with Gasteiger partial charge in [-0.15, -0.1) is 0 Å². The Bertz CT molecular complexity index is 671. The van der Waals surface area contributed by atoms with Gasteiger partial charge in [0.05, 0.1) is 15.1 Å². The molecule has 1 nitrogen and oxygen atoms in total. The van der Waals surface area contributed by atoms with E-state index in [1.807, 2.05) is 0 Å². The van der Waals surface area contributed by atoms with Crippen LogP contribution in [0.2, 0.25) is 5.02 Å². The zero-order chi connectivity index (χ0) is 14.2. The summed E-state index contributed by atoms with van der Waals surface area (Å²) in [5.41, 5.74) is 0.141. The lowest BCUT2D eigenvalue weighted by Gasteiger charge is -2.08. The van der Waals surface area contributed by atoms with Crippen LogP contribution in [0, 0.1) is 18.6 Å². The van der Waals surface area contributed by atoms with Gasteiger partial charge in [0, 0.05) is 5.56 Å². The van der Waals surface area contributed by atoms with Crippen LogP contribution in [0.4, 0.5) is 8.78 Å². The van der Waals surface area contributed by atoms with Crippen LogP contribution in [-0.4, -0.2) is 5.78 Å². The molecule has 0 bridgehead atoms. The second kappa shape index (κ2) is 5.39. The zero-order valence-electron chi connectivity index (χ0n) is 9.81. The van der Waals surface area contributed by atoms with Gasteiger partial charge in [-0.3, -0.25) is 4.79 Å². The van der Waals surface area contributed by atoms with Gasteiger partial charge in [0.2, 0.25) is 0 Å². The van der Waals surface area contributed by atoms with Crippen molar-refractivity contribution in [1.82, 2.24) is 0 Å². The van der Waals surface area contributed by atoms with Crippen LogP contribution in [0.15, 0.2) is 34.8 Å². The first-order valence-corrected chi connectivity index (χ1v) is 6.54. The normalized spacial score (nSPS) is 10.6. The van der Waals surface area contributed by atoms with Crippen LogP contribution in [0.5, 0.6) is 0 Å². The highest BCUT2D eigenvalue weighted by Gasteiger charge is 2.23. The Balaban J connectivity index is 2.63. The Kier molecular flexibility index (Phi) is 4.02. The molecule has 2 aromatic carbocycles. The molecular formula is C14H8BrClF2O. The lowest BCUT2D eigenvalue weighted by Crippen LogP contribution is -2.09. The van der Waals surface area contributed by atoms with E-state index in [0.717, 1.165) is 6.07 Å². The van der Waals surface area contributed by atoms with Crippen molar-refractivity contribution in [1.29, 1.82) is 0 Å². The molecule has 0 amide bonds. The van der Waals surface area contributed by atoms with E-state index in [-0.39, 0.29) is 15.1 Å². The number of halogens is 4. The average Bonchev–Trinajstić information content (AvgIpc) is 2.37. The third-order valence-electron chi connectivity index (χ3n) is 2.71. The van der Waals surface area contributed by atoms with Gasteiger partial charge >= 0.3 is 0 Å². The molecule has 0 spiro atoms. The zero-order valence-corrected chi connectivity index (χ0v) is 12.1. The highest BCUT2D eigenvalue weighted by Crippen LogP contribution is 2.28. The van der Waals surface area contributed by atoms with Gasteiger partial charge in [0.25, 0.3) is 0 Å². The summed E-state index contributed by atoms with van der Waals surface area (Å²) in [6.45, 7) is 1.72. The molecule has 0 aliphatic rings. The molecule has 0 heterocycles. The molecule has 2 aromatic rings. The molecule has 0 aliphatic carbocycles. The lowest BCUT2D eigenvalue weighted by atomic mass is 10.0. The van der Waals surface area contributed by atoms with Crippen molar-refractivity contribution in [2.75, 3.05) is 0 Å². The Hall–Kier alpha value is -1.26. The number of hydrogen-bond acceptors (Lipinski definition) is 1. The van der Waals surface area contributed by atoms with E-state index in [4.69, 9.17) is 11.6 Å². The van der Waals surface area contributed by atoms with E-state index in [1.165, 1.54) is 12.1 Å². The van der Waals surface area contributed by atoms with Crippen molar-refractivity contribution in [2.24, 2.45) is 0 Å². The fraction of sp³-hybridized carbons (Fsp3) is 0.0714. The quantitative estimate of drug-likeness (QED) is 0.558. The second-order valence-electron chi connectivity index (χ2n) is 3.98. The van der Waals surface area contributed by atoms with Gasteiger partial charge in [-0.05, 0) is 46.6 Å². The standard InChI is InChI=1S/C14H8BrClF2O/c1-7-3-2-4-8(12(7)16)14(19)11-10(17)6-5-9(15)13(11)18/h2-6H,1H3. The van der Waals surface area contributed by atoms with E-state index in [2.05, 4.69) is 15.9 Å². The van der Waals surface area contributed by atoms with Crippen molar-refractivity contribution in [3.63, 3.8) is 0 Å². The van der Waals surface area contributed by atoms with E-state index in [1.54, 1.807) is 19.1 Å². The van der Waals surface area contributed by atoms with Gasteiger partial charge in [-0.2, -0.15) is 0 Å². The van der Waals surface area contributed by atoms with Gasteiger partial charge in [-0.1, -0.05) is 23.7 Å². The summed E-state index contributed by atoms with van der Waals surface area (Å²) >= 11 is 8.93. The summed E-state index contributed by atoms with van der Waals surface area (Å²) in [6.07, 6.45) is 0. The molecule has 0 radical (unpaired) electrons. The molecule has 0 fully saturated rings. The molecular weight excluding hydrogens is 338 g/mol. The number of benzene rings is 2. The van der Waals surface area contributed by atoms with Crippen LogP contribution in [0.25, 0.3) is 0 Å². The average molecular weight is 346 g/mol. The first-order valence-electron chi connectivity index (χ1n) is 5.36. The first-order chi connectivity index (χ1) is 8.93. The third kappa shape index (κ3) is 2.55. The fourth-order valence-corrected chi connectivity index (χ4v) is 2.23. The number of carbonyl (C=O) groups excluding carboxylic acids is 1. The Morgan fingerprint density at radius 3 is 2.58 bits per heavy atom. The highest BCUT2D eigenvalue weighted by atomic mass is 79.9. The summed E-state index contributed by atoms with van der Waals surface area (Å²) in [6, 6.07) is 7.01. The summed E-state index contributed by atoms with van der Waals surface area (Å²) < 4.78 is 27.6. The van der Waals surface area contributed by atoms with E-state index >= 15 is 0 Å². The van der Waals surface area contributed by atoms with Gasteiger partial charge in [0.15, 0.2) is 11.6 Å². The summed E-state index contributed by atoms with van der Waals surface area (Å²) in [5, 5.41) is 0.200. The maximum atomic E-state index is 13.9. The van der Waals surface area contributed by atoms with E-state index in [0.29, 0.717) is 5.56 Å². The van der Waals surface area contributed by atoms with Crippen LogP contribution in [0.1, 0.15) is 21.5 Å². The Morgan fingerprint density at radius 2 is 1.89 bits per heavy atom. The minimum absolute atomic E-state index is 0.0287. The van der Waals surface area contributed by atoms with Crippen LogP contribution >= 0.6 is 27.5 Å². The smallest absolute Gasteiger partial charge is 0.200 e. The topological polar surface area (TPSA) is 17.1 Å². The Morgan fingerprint density at radius 1 is 1.21 bits per heavy atom. The van der Waals surface area contributed by atoms with Crippen LogP contribution in [-0.2, 0) is 0 Å². The fourth-order valence-electron chi connectivity index (χ4n) is 1.69. The van der Waals surface area contributed by atoms with Crippen LogP contribution < -0.4 is 0 Å². The van der Waals surface area contributed by atoms with Gasteiger partial charge < -0.3 is 0 Å². The minimum Gasteiger partial charge on any atom is -0.288 e. The third-order valence-corrected chi connectivity index (χ3v) is 3.82. The number of hydrogen-bond donors (Lipinski definition) is 0. The lowest BCUT2D eigenvalue weighted by molar-refractivity contribution is 0.103. The minimum atomic E-state index is -0.928. The molecule has 98 valence electrons. The monoisotopic (exact) mass is 344 g/mol. The second-order valence-corrected chi connectivity index (χ2v) is 5.22. The molecule has 0 unspecified atom stereocenters. The molecule has 0 aromatic heterocycles. The van der Waals surface area contributed by atoms with Crippen molar-refractivity contribution in [3.05, 3.63) is 68.2 Å². The summed E-state index contributed by atoms with van der Waals surface area (Å²) in [4.78, 5) is 12.2. The SMILES string of the molecule is Cc1cccc(C(=O)c2c(F)ccc(Br)c2F)c1Cl. The molecule has 19 heavy (non-hydrogen) atoms. The predicted molar refractivity (Wildman–Crippen MR) is 73.7 cm³/mol. The van der Waals surface area contributed by atoms with E-state index < -0.39 is 23.0 Å². The van der Waals surface area contributed by atoms with Crippen molar-refractivity contribution in [2.45, 2.75) is 6.92 Å². The molecule has 2 rings (SSSR count).